The number of nitrogen functional groups attached to an aromatic ring is 1. The highest BCUT2D eigenvalue weighted by atomic mass is 79.9. The molecule has 96 valence electrons. The first-order valence-corrected chi connectivity index (χ1v) is 6.14. The second-order valence-electron chi connectivity index (χ2n) is 3.36. The van der Waals surface area contributed by atoms with Gasteiger partial charge in [0, 0.05) is 31.0 Å². The Morgan fingerprint density at radius 1 is 1.29 bits per heavy atom. The normalized spacial score (nSPS) is 10.5. The van der Waals surface area contributed by atoms with Crippen LogP contribution in [-0.2, 0) is 9.47 Å². The van der Waals surface area contributed by atoms with Crippen LogP contribution in [0.25, 0.3) is 0 Å². The van der Waals surface area contributed by atoms with Crippen molar-refractivity contribution in [2.45, 2.75) is 6.42 Å². The molecular weight excluding hydrogens is 288 g/mol. The van der Waals surface area contributed by atoms with Crippen molar-refractivity contribution in [1.29, 1.82) is 0 Å². The number of halogens is 1. The Hall–Kier alpha value is -0.850. The van der Waals surface area contributed by atoms with E-state index in [0.717, 1.165) is 10.9 Å². The molecule has 0 aliphatic rings. The van der Waals surface area contributed by atoms with E-state index in [0.29, 0.717) is 38.0 Å². The lowest BCUT2D eigenvalue weighted by molar-refractivity contribution is 0.0797. The number of aromatic nitrogens is 1. The molecule has 0 amide bonds. The summed E-state index contributed by atoms with van der Waals surface area (Å²) in [4.78, 5) is 4.06. The van der Waals surface area contributed by atoms with E-state index < -0.39 is 0 Å². The first kappa shape index (κ1) is 14.2. The summed E-state index contributed by atoms with van der Waals surface area (Å²) < 4.78 is 16.5. The molecule has 2 N–H and O–H groups in total. The van der Waals surface area contributed by atoms with Crippen molar-refractivity contribution in [3.05, 3.63) is 16.7 Å². The van der Waals surface area contributed by atoms with Crippen LogP contribution in [0.4, 0.5) is 5.69 Å². The third-order valence-corrected chi connectivity index (χ3v) is 2.38. The summed E-state index contributed by atoms with van der Waals surface area (Å²) in [5.41, 5.74) is 6.24. The minimum absolute atomic E-state index is 0.436. The average molecular weight is 305 g/mol. The molecule has 1 heterocycles. The van der Waals surface area contributed by atoms with E-state index in [1.54, 1.807) is 19.4 Å². The van der Waals surface area contributed by atoms with Gasteiger partial charge in [0.1, 0.15) is 6.61 Å². The zero-order chi connectivity index (χ0) is 12.5. The molecule has 0 saturated heterocycles. The lowest BCUT2D eigenvalue weighted by Gasteiger charge is -2.08. The summed E-state index contributed by atoms with van der Waals surface area (Å²) in [5.74, 6) is 0.439. The Morgan fingerprint density at radius 3 is 2.82 bits per heavy atom. The molecule has 1 rings (SSSR count). The Balaban J connectivity index is 2.14. The Kier molecular flexibility index (Phi) is 6.91. The molecule has 0 aliphatic carbocycles. The van der Waals surface area contributed by atoms with Gasteiger partial charge in [-0.1, -0.05) is 0 Å². The van der Waals surface area contributed by atoms with Crippen molar-refractivity contribution in [2.75, 3.05) is 39.3 Å². The number of ether oxygens (including phenoxy) is 3. The number of methoxy groups -OCH3 is 1. The van der Waals surface area contributed by atoms with Gasteiger partial charge in [0.05, 0.1) is 12.3 Å². The molecular formula is C11H17BrN2O3. The minimum atomic E-state index is 0.436. The first-order valence-electron chi connectivity index (χ1n) is 5.34. The van der Waals surface area contributed by atoms with E-state index in [2.05, 4.69) is 20.9 Å². The van der Waals surface area contributed by atoms with Gasteiger partial charge in [0.15, 0.2) is 0 Å². The second-order valence-corrected chi connectivity index (χ2v) is 4.27. The average Bonchev–Trinajstić information content (AvgIpc) is 2.30. The standard InChI is InChI=1S/C11H17BrN2O3/c1-15-3-2-4-16-5-6-17-11-10(13)7-9(12)8-14-11/h7-8H,2-6,13H2,1H3. The Labute approximate surface area is 109 Å². The Bertz CT molecular complexity index is 336. The zero-order valence-corrected chi connectivity index (χ0v) is 11.4. The molecule has 0 aliphatic heterocycles. The van der Waals surface area contributed by atoms with Gasteiger partial charge in [-0.3, -0.25) is 0 Å². The van der Waals surface area contributed by atoms with Crippen LogP contribution in [0, 0.1) is 0 Å². The number of rotatable bonds is 8. The van der Waals surface area contributed by atoms with E-state index in [4.69, 9.17) is 19.9 Å². The Morgan fingerprint density at radius 2 is 2.12 bits per heavy atom. The molecule has 0 radical (unpaired) electrons. The van der Waals surface area contributed by atoms with Crippen LogP contribution in [0.3, 0.4) is 0 Å². The maximum absolute atomic E-state index is 5.73. The lowest BCUT2D eigenvalue weighted by Crippen LogP contribution is -2.10. The predicted molar refractivity (Wildman–Crippen MR) is 69.2 cm³/mol. The highest BCUT2D eigenvalue weighted by Crippen LogP contribution is 2.21. The number of hydrogen-bond donors (Lipinski definition) is 1. The van der Waals surface area contributed by atoms with Crippen LogP contribution in [0.15, 0.2) is 16.7 Å². The highest BCUT2D eigenvalue weighted by molar-refractivity contribution is 9.10. The monoisotopic (exact) mass is 304 g/mol. The minimum Gasteiger partial charge on any atom is -0.474 e. The fraction of sp³-hybridized carbons (Fsp3) is 0.545. The third-order valence-electron chi connectivity index (χ3n) is 1.95. The predicted octanol–water partition coefficient (Wildman–Crippen LogP) is 1.86. The zero-order valence-electron chi connectivity index (χ0n) is 9.82. The van der Waals surface area contributed by atoms with E-state index in [9.17, 15) is 0 Å². The lowest BCUT2D eigenvalue weighted by atomic mass is 10.4. The summed E-state index contributed by atoms with van der Waals surface area (Å²) in [7, 11) is 1.67. The molecule has 0 bridgehead atoms. The highest BCUT2D eigenvalue weighted by Gasteiger charge is 2.02. The van der Waals surface area contributed by atoms with Crippen LogP contribution in [0.2, 0.25) is 0 Å². The largest absolute Gasteiger partial charge is 0.474 e. The van der Waals surface area contributed by atoms with Crippen LogP contribution >= 0.6 is 15.9 Å². The van der Waals surface area contributed by atoms with Crippen LogP contribution in [-0.4, -0.2) is 38.5 Å². The maximum Gasteiger partial charge on any atom is 0.237 e. The van der Waals surface area contributed by atoms with Crippen molar-refractivity contribution in [3.8, 4) is 5.88 Å². The van der Waals surface area contributed by atoms with Gasteiger partial charge in [-0.15, -0.1) is 0 Å². The number of nitrogens with two attached hydrogens (primary N) is 1. The molecule has 0 fully saturated rings. The SMILES string of the molecule is COCCCOCCOc1ncc(Br)cc1N. The number of hydrogen-bond acceptors (Lipinski definition) is 5. The second kappa shape index (κ2) is 8.27. The number of nitrogens with zero attached hydrogens (tertiary/aromatic N) is 1. The van der Waals surface area contributed by atoms with Crippen molar-refractivity contribution in [2.24, 2.45) is 0 Å². The molecule has 0 spiro atoms. The molecule has 0 atom stereocenters. The molecule has 1 aromatic rings. The van der Waals surface area contributed by atoms with Gasteiger partial charge in [-0.2, -0.15) is 0 Å². The van der Waals surface area contributed by atoms with Crippen molar-refractivity contribution >= 4 is 21.6 Å². The molecule has 6 heteroatoms. The summed E-state index contributed by atoms with van der Waals surface area (Å²) >= 11 is 3.28. The van der Waals surface area contributed by atoms with Crippen LogP contribution in [0.1, 0.15) is 6.42 Å². The molecule has 0 saturated carbocycles. The van der Waals surface area contributed by atoms with E-state index >= 15 is 0 Å². The van der Waals surface area contributed by atoms with Gasteiger partial charge in [0.2, 0.25) is 5.88 Å². The molecule has 17 heavy (non-hydrogen) atoms. The number of anilines is 1. The van der Waals surface area contributed by atoms with Gasteiger partial charge < -0.3 is 19.9 Å². The summed E-state index contributed by atoms with van der Waals surface area (Å²) in [6.07, 6.45) is 2.53. The van der Waals surface area contributed by atoms with Crippen molar-refractivity contribution in [1.82, 2.24) is 4.98 Å². The van der Waals surface area contributed by atoms with E-state index in [1.807, 2.05) is 0 Å². The summed E-state index contributed by atoms with van der Waals surface area (Å²) in [6, 6.07) is 1.75. The molecule has 5 nitrogen and oxygen atoms in total. The number of pyridine rings is 1. The smallest absolute Gasteiger partial charge is 0.237 e. The van der Waals surface area contributed by atoms with Crippen LogP contribution < -0.4 is 10.5 Å². The van der Waals surface area contributed by atoms with Crippen molar-refractivity contribution < 1.29 is 14.2 Å². The first-order chi connectivity index (χ1) is 8.24. The maximum atomic E-state index is 5.73. The van der Waals surface area contributed by atoms with E-state index in [1.165, 1.54) is 0 Å². The molecule has 1 aromatic heterocycles. The van der Waals surface area contributed by atoms with Crippen LogP contribution in [0.5, 0.6) is 5.88 Å². The summed E-state index contributed by atoms with van der Waals surface area (Å²) in [6.45, 7) is 2.33. The molecule has 0 aromatic carbocycles. The van der Waals surface area contributed by atoms with E-state index in [-0.39, 0.29) is 0 Å². The topological polar surface area (TPSA) is 66.6 Å². The summed E-state index contributed by atoms with van der Waals surface area (Å²) in [5, 5.41) is 0. The quantitative estimate of drug-likeness (QED) is 0.743. The molecule has 0 unspecified atom stereocenters. The van der Waals surface area contributed by atoms with Gasteiger partial charge in [-0.25, -0.2) is 4.98 Å². The van der Waals surface area contributed by atoms with Gasteiger partial charge in [0.25, 0.3) is 0 Å². The fourth-order valence-electron chi connectivity index (χ4n) is 1.17. The third kappa shape index (κ3) is 5.86. The van der Waals surface area contributed by atoms with Crippen molar-refractivity contribution in [3.63, 3.8) is 0 Å². The fourth-order valence-corrected chi connectivity index (χ4v) is 1.52. The van der Waals surface area contributed by atoms with Gasteiger partial charge in [-0.05, 0) is 28.4 Å². The van der Waals surface area contributed by atoms with Gasteiger partial charge >= 0.3 is 0 Å².